The molecule has 0 atom stereocenters. The highest BCUT2D eigenvalue weighted by Gasteiger charge is 2.10. The van der Waals surface area contributed by atoms with Crippen LogP contribution in [0.25, 0.3) is 0 Å². The average molecular weight is 309 g/mol. The lowest BCUT2D eigenvalue weighted by Gasteiger charge is -2.10. The Hall–Kier alpha value is -2.29. The summed E-state index contributed by atoms with van der Waals surface area (Å²) in [6.45, 7) is 0. The molecule has 0 saturated carbocycles. The van der Waals surface area contributed by atoms with Gasteiger partial charge in [-0.05, 0) is 22.6 Å². The van der Waals surface area contributed by atoms with Crippen LogP contribution in [0.4, 0.5) is 5.69 Å². The third-order valence-electron chi connectivity index (χ3n) is 2.58. The van der Waals surface area contributed by atoms with Crippen LogP contribution in [0.15, 0.2) is 23.4 Å². The van der Waals surface area contributed by atoms with E-state index in [9.17, 15) is 4.79 Å². The number of ether oxygens (including phenoxy) is 2. The Balaban J connectivity index is 1.95. The van der Waals surface area contributed by atoms with Crippen molar-refractivity contribution in [3.05, 3.63) is 18.2 Å². The Kier molecular flexibility index (Phi) is 4.99. The van der Waals surface area contributed by atoms with E-state index in [2.05, 4.69) is 20.8 Å². The quantitative estimate of drug-likeness (QED) is 0.795. The summed E-state index contributed by atoms with van der Waals surface area (Å²) >= 11 is 1.26. The minimum Gasteiger partial charge on any atom is -0.493 e. The number of tetrazole rings is 1. The molecule has 0 aliphatic carbocycles. The molecule has 1 heterocycles. The van der Waals surface area contributed by atoms with E-state index in [0.29, 0.717) is 22.3 Å². The van der Waals surface area contributed by atoms with Gasteiger partial charge in [0.05, 0.1) is 20.0 Å². The molecule has 0 spiro atoms. The van der Waals surface area contributed by atoms with E-state index >= 15 is 0 Å². The van der Waals surface area contributed by atoms with Gasteiger partial charge in [-0.2, -0.15) is 0 Å². The molecular formula is C12H15N5O3S. The largest absolute Gasteiger partial charge is 0.493 e. The summed E-state index contributed by atoms with van der Waals surface area (Å²) in [6, 6.07) is 5.17. The molecule has 21 heavy (non-hydrogen) atoms. The standard InChI is InChI=1S/C12H15N5O3S/c1-17-12(14-15-16-17)21-7-11(18)13-8-4-5-9(19-2)10(6-8)20-3/h4-6H,7H2,1-3H3,(H,13,18). The van der Waals surface area contributed by atoms with E-state index in [1.54, 1.807) is 39.5 Å². The van der Waals surface area contributed by atoms with Gasteiger partial charge in [0, 0.05) is 18.8 Å². The monoisotopic (exact) mass is 309 g/mol. The van der Waals surface area contributed by atoms with E-state index in [0.717, 1.165) is 0 Å². The predicted octanol–water partition coefficient (Wildman–Crippen LogP) is 0.958. The minimum atomic E-state index is -0.157. The van der Waals surface area contributed by atoms with Gasteiger partial charge < -0.3 is 14.8 Å². The second-order valence-electron chi connectivity index (χ2n) is 3.99. The summed E-state index contributed by atoms with van der Waals surface area (Å²) in [4.78, 5) is 11.9. The Labute approximate surface area is 125 Å². The average Bonchev–Trinajstić information content (AvgIpc) is 2.90. The lowest BCUT2D eigenvalue weighted by atomic mass is 10.2. The number of amides is 1. The van der Waals surface area contributed by atoms with Crippen molar-refractivity contribution in [3.63, 3.8) is 0 Å². The zero-order valence-electron chi connectivity index (χ0n) is 11.9. The number of thioether (sulfide) groups is 1. The van der Waals surface area contributed by atoms with Gasteiger partial charge in [-0.15, -0.1) is 5.10 Å². The van der Waals surface area contributed by atoms with Gasteiger partial charge in [-0.1, -0.05) is 11.8 Å². The number of aromatic nitrogens is 4. The van der Waals surface area contributed by atoms with Crippen LogP contribution >= 0.6 is 11.8 Å². The van der Waals surface area contributed by atoms with Crippen molar-refractivity contribution in [1.82, 2.24) is 20.2 Å². The van der Waals surface area contributed by atoms with Gasteiger partial charge in [0.25, 0.3) is 0 Å². The van der Waals surface area contributed by atoms with Gasteiger partial charge in [0.1, 0.15) is 0 Å². The number of hydrogen-bond acceptors (Lipinski definition) is 7. The Morgan fingerprint density at radius 3 is 2.71 bits per heavy atom. The van der Waals surface area contributed by atoms with Crippen LogP contribution in [0, 0.1) is 0 Å². The molecule has 0 saturated heterocycles. The van der Waals surface area contributed by atoms with Crippen LogP contribution in [-0.2, 0) is 11.8 Å². The van der Waals surface area contributed by atoms with E-state index in [1.807, 2.05) is 0 Å². The smallest absolute Gasteiger partial charge is 0.234 e. The molecule has 0 radical (unpaired) electrons. The van der Waals surface area contributed by atoms with Crippen molar-refractivity contribution in [3.8, 4) is 11.5 Å². The fourth-order valence-corrected chi connectivity index (χ4v) is 2.23. The number of carbonyl (C=O) groups excluding carboxylic acids is 1. The van der Waals surface area contributed by atoms with Crippen molar-refractivity contribution < 1.29 is 14.3 Å². The number of rotatable bonds is 6. The summed E-state index contributed by atoms with van der Waals surface area (Å²) in [5.41, 5.74) is 0.634. The van der Waals surface area contributed by atoms with Crippen molar-refractivity contribution in [2.75, 3.05) is 25.3 Å². The number of hydrogen-bond donors (Lipinski definition) is 1. The second kappa shape index (κ2) is 6.93. The maximum absolute atomic E-state index is 11.9. The molecule has 2 rings (SSSR count). The molecule has 1 amide bonds. The first-order valence-corrected chi connectivity index (χ1v) is 6.99. The highest BCUT2D eigenvalue weighted by atomic mass is 32.2. The molecule has 1 N–H and O–H groups in total. The zero-order valence-corrected chi connectivity index (χ0v) is 12.7. The van der Waals surface area contributed by atoms with Crippen LogP contribution in [0.3, 0.4) is 0 Å². The molecule has 8 nitrogen and oxygen atoms in total. The fourth-order valence-electron chi connectivity index (χ4n) is 1.58. The SMILES string of the molecule is COc1ccc(NC(=O)CSc2nnnn2C)cc1OC. The molecule has 2 aromatic rings. The van der Waals surface area contributed by atoms with Crippen molar-refractivity contribution in [2.24, 2.45) is 7.05 Å². The van der Waals surface area contributed by atoms with Gasteiger partial charge in [-0.3, -0.25) is 4.79 Å². The minimum absolute atomic E-state index is 0.157. The molecule has 1 aromatic carbocycles. The Bertz CT molecular complexity index is 631. The third kappa shape index (κ3) is 3.85. The Morgan fingerprint density at radius 1 is 1.33 bits per heavy atom. The molecule has 0 bridgehead atoms. The summed E-state index contributed by atoms with van der Waals surface area (Å²) in [5.74, 6) is 1.22. The first-order valence-electron chi connectivity index (χ1n) is 6.01. The number of methoxy groups -OCH3 is 2. The summed E-state index contributed by atoms with van der Waals surface area (Å²) < 4.78 is 11.8. The highest BCUT2D eigenvalue weighted by molar-refractivity contribution is 7.99. The van der Waals surface area contributed by atoms with Gasteiger partial charge >= 0.3 is 0 Å². The normalized spacial score (nSPS) is 10.2. The van der Waals surface area contributed by atoms with E-state index in [1.165, 1.54) is 16.4 Å². The molecule has 1 aromatic heterocycles. The van der Waals surface area contributed by atoms with Crippen LogP contribution in [0.2, 0.25) is 0 Å². The second-order valence-corrected chi connectivity index (χ2v) is 4.93. The van der Waals surface area contributed by atoms with Gasteiger partial charge in [0.15, 0.2) is 11.5 Å². The van der Waals surface area contributed by atoms with Gasteiger partial charge in [0.2, 0.25) is 11.1 Å². The number of carbonyl (C=O) groups is 1. The van der Waals surface area contributed by atoms with Crippen molar-refractivity contribution in [1.29, 1.82) is 0 Å². The fraction of sp³-hybridized carbons (Fsp3) is 0.333. The lowest BCUT2D eigenvalue weighted by Crippen LogP contribution is -2.14. The molecule has 0 fully saturated rings. The lowest BCUT2D eigenvalue weighted by molar-refractivity contribution is -0.113. The third-order valence-corrected chi connectivity index (χ3v) is 3.59. The summed E-state index contributed by atoms with van der Waals surface area (Å²) in [6.07, 6.45) is 0. The summed E-state index contributed by atoms with van der Waals surface area (Å²) in [5, 5.41) is 14.3. The first kappa shape index (κ1) is 15.1. The Morgan fingerprint density at radius 2 is 2.10 bits per heavy atom. The van der Waals surface area contributed by atoms with E-state index in [-0.39, 0.29) is 11.7 Å². The van der Waals surface area contributed by atoms with Crippen LogP contribution in [0.5, 0.6) is 11.5 Å². The molecule has 0 aliphatic rings. The first-order chi connectivity index (χ1) is 10.1. The predicted molar refractivity (Wildman–Crippen MR) is 77.7 cm³/mol. The molecular weight excluding hydrogens is 294 g/mol. The van der Waals surface area contributed by atoms with Crippen molar-refractivity contribution in [2.45, 2.75) is 5.16 Å². The van der Waals surface area contributed by atoms with Crippen LogP contribution in [0.1, 0.15) is 0 Å². The number of nitrogens with zero attached hydrogens (tertiary/aromatic N) is 4. The number of nitrogens with one attached hydrogen (secondary N) is 1. The van der Waals surface area contributed by atoms with E-state index < -0.39 is 0 Å². The molecule has 9 heteroatoms. The van der Waals surface area contributed by atoms with Crippen molar-refractivity contribution >= 4 is 23.4 Å². The number of aryl methyl sites for hydroxylation is 1. The molecule has 0 unspecified atom stereocenters. The number of benzene rings is 1. The zero-order chi connectivity index (χ0) is 15.2. The highest BCUT2D eigenvalue weighted by Crippen LogP contribution is 2.29. The maximum Gasteiger partial charge on any atom is 0.234 e. The molecule has 112 valence electrons. The maximum atomic E-state index is 11.9. The van der Waals surface area contributed by atoms with Crippen LogP contribution in [-0.4, -0.2) is 46.1 Å². The molecule has 0 aliphatic heterocycles. The topological polar surface area (TPSA) is 91.2 Å². The van der Waals surface area contributed by atoms with Crippen LogP contribution < -0.4 is 14.8 Å². The number of anilines is 1. The van der Waals surface area contributed by atoms with Gasteiger partial charge in [-0.25, -0.2) is 4.68 Å². The van der Waals surface area contributed by atoms with E-state index in [4.69, 9.17) is 9.47 Å². The summed E-state index contributed by atoms with van der Waals surface area (Å²) in [7, 11) is 4.82.